The van der Waals surface area contributed by atoms with Crippen molar-refractivity contribution in [1.29, 1.82) is 0 Å². The average molecular weight is 340 g/mol. The lowest BCUT2D eigenvalue weighted by Crippen LogP contribution is -2.07. The Morgan fingerprint density at radius 2 is 1.73 bits per heavy atom. The van der Waals surface area contributed by atoms with Crippen molar-refractivity contribution in [3.05, 3.63) is 47.3 Å². The Balaban J connectivity index is 2.31. The van der Waals surface area contributed by atoms with Gasteiger partial charge in [0.05, 0.1) is 15.6 Å². The van der Waals surface area contributed by atoms with E-state index in [0.717, 1.165) is 17.4 Å². The maximum Gasteiger partial charge on any atom is 0.417 e. The number of rotatable bonds is 2. The topological polar surface area (TPSA) is 52.0 Å². The van der Waals surface area contributed by atoms with Crippen LogP contribution < -0.4 is 11.5 Å². The molecule has 3 rings (SSSR count). The highest BCUT2D eigenvalue weighted by atomic mass is 32.1. The van der Waals surface area contributed by atoms with Gasteiger partial charge in [0.15, 0.2) is 0 Å². The van der Waals surface area contributed by atoms with Gasteiger partial charge in [-0.3, -0.25) is 0 Å². The van der Waals surface area contributed by atoms with Gasteiger partial charge in [0, 0.05) is 15.8 Å². The van der Waals surface area contributed by atoms with E-state index in [2.05, 4.69) is 0 Å². The van der Waals surface area contributed by atoms with Crippen LogP contribution in [0.3, 0.4) is 0 Å². The van der Waals surface area contributed by atoms with Crippen LogP contribution in [-0.4, -0.2) is 0 Å². The standard InChI is InChI=1S/C15H11F3N2S2/c16-15(17,18)10-3-1-2-9(8-6-13(20)21-7-8)14(10)11-4-5-12(19)22-11/h1-7H,19-20H2. The number of nitrogen functional groups attached to an aromatic ring is 2. The van der Waals surface area contributed by atoms with Crippen LogP contribution >= 0.6 is 22.7 Å². The number of nitrogens with two attached hydrogens (primary N) is 2. The number of alkyl halides is 3. The molecule has 0 fully saturated rings. The van der Waals surface area contributed by atoms with Crippen LogP contribution in [0.5, 0.6) is 0 Å². The summed E-state index contributed by atoms with van der Waals surface area (Å²) in [5, 5.41) is 2.79. The van der Waals surface area contributed by atoms with Gasteiger partial charge < -0.3 is 11.5 Å². The molecule has 7 heteroatoms. The molecule has 0 aliphatic carbocycles. The van der Waals surface area contributed by atoms with E-state index in [0.29, 0.717) is 26.0 Å². The Kier molecular flexibility index (Phi) is 3.62. The summed E-state index contributed by atoms with van der Waals surface area (Å²) >= 11 is 2.43. The third-order valence-electron chi connectivity index (χ3n) is 3.17. The highest BCUT2D eigenvalue weighted by Crippen LogP contribution is 2.45. The van der Waals surface area contributed by atoms with E-state index in [1.54, 1.807) is 29.6 Å². The van der Waals surface area contributed by atoms with E-state index in [4.69, 9.17) is 11.5 Å². The van der Waals surface area contributed by atoms with Crippen molar-refractivity contribution < 1.29 is 13.2 Å². The molecule has 114 valence electrons. The average Bonchev–Trinajstić information content (AvgIpc) is 3.05. The molecule has 0 saturated carbocycles. The second kappa shape index (κ2) is 5.33. The van der Waals surface area contributed by atoms with Crippen LogP contribution in [0.25, 0.3) is 21.6 Å². The fraction of sp³-hybridized carbons (Fsp3) is 0.0667. The predicted molar refractivity (Wildman–Crippen MR) is 86.9 cm³/mol. The van der Waals surface area contributed by atoms with E-state index in [1.165, 1.54) is 17.4 Å². The van der Waals surface area contributed by atoms with E-state index >= 15 is 0 Å². The van der Waals surface area contributed by atoms with Crippen LogP contribution in [0.15, 0.2) is 41.8 Å². The maximum atomic E-state index is 13.4. The first-order chi connectivity index (χ1) is 10.4. The van der Waals surface area contributed by atoms with Crippen molar-refractivity contribution in [2.75, 3.05) is 11.5 Å². The van der Waals surface area contributed by atoms with Gasteiger partial charge in [0.25, 0.3) is 0 Å². The molecule has 2 heterocycles. The van der Waals surface area contributed by atoms with Gasteiger partial charge >= 0.3 is 6.18 Å². The molecular formula is C15H11F3N2S2. The number of thiophene rings is 2. The van der Waals surface area contributed by atoms with Gasteiger partial charge in [-0.25, -0.2) is 0 Å². The minimum Gasteiger partial charge on any atom is -0.391 e. The van der Waals surface area contributed by atoms with Crippen LogP contribution in [0.4, 0.5) is 23.2 Å². The Labute approximate surface area is 132 Å². The largest absolute Gasteiger partial charge is 0.417 e. The molecule has 0 amide bonds. The van der Waals surface area contributed by atoms with Crippen LogP contribution in [0.2, 0.25) is 0 Å². The molecule has 0 bridgehead atoms. The van der Waals surface area contributed by atoms with Crippen molar-refractivity contribution in [3.8, 4) is 21.6 Å². The number of halogens is 3. The summed E-state index contributed by atoms with van der Waals surface area (Å²) < 4.78 is 40.2. The van der Waals surface area contributed by atoms with Crippen molar-refractivity contribution in [2.45, 2.75) is 6.18 Å². The smallest absolute Gasteiger partial charge is 0.391 e. The van der Waals surface area contributed by atoms with Gasteiger partial charge in [0.2, 0.25) is 0 Å². The zero-order valence-corrected chi connectivity index (χ0v) is 12.8. The Morgan fingerprint density at radius 1 is 0.955 bits per heavy atom. The second-order valence-corrected chi connectivity index (χ2v) is 6.72. The second-order valence-electron chi connectivity index (χ2n) is 4.67. The fourth-order valence-corrected chi connectivity index (χ4v) is 3.78. The quantitative estimate of drug-likeness (QED) is 0.663. The first-order valence-corrected chi connectivity index (χ1v) is 7.96. The minimum atomic E-state index is -4.44. The zero-order chi connectivity index (χ0) is 15.9. The molecule has 1 aromatic carbocycles. The predicted octanol–water partition coefficient (Wildman–Crippen LogP) is 5.33. The zero-order valence-electron chi connectivity index (χ0n) is 11.1. The van der Waals surface area contributed by atoms with E-state index in [1.807, 2.05) is 0 Å². The molecule has 0 aliphatic heterocycles. The van der Waals surface area contributed by atoms with Crippen LogP contribution in [0, 0.1) is 0 Å². The van der Waals surface area contributed by atoms with Gasteiger partial charge in [-0.2, -0.15) is 13.2 Å². The number of hydrogen-bond donors (Lipinski definition) is 2. The molecule has 0 radical (unpaired) electrons. The number of anilines is 2. The lowest BCUT2D eigenvalue weighted by atomic mass is 9.95. The summed E-state index contributed by atoms with van der Waals surface area (Å²) in [6, 6.07) is 9.07. The molecule has 0 saturated heterocycles. The van der Waals surface area contributed by atoms with Gasteiger partial charge in [0.1, 0.15) is 0 Å². The molecule has 4 N–H and O–H groups in total. The number of benzene rings is 1. The molecule has 3 aromatic rings. The summed E-state index contributed by atoms with van der Waals surface area (Å²) in [6.45, 7) is 0. The summed E-state index contributed by atoms with van der Waals surface area (Å²) in [7, 11) is 0. The highest BCUT2D eigenvalue weighted by molar-refractivity contribution is 7.19. The summed E-state index contributed by atoms with van der Waals surface area (Å²) in [5.74, 6) is 0. The molecule has 22 heavy (non-hydrogen) atoms. The lowest BCUT2D eigenvalue weighted by Gasteiger charge is -2.15. The SMILES string of the molecule is Nc1cc(-c2cccc(C(F)(F)F)c2-c2ccc(N)s2)cs1. The molecule has 0 unspecified atom stereocenters. The summed E-state index contributed by atoms with van der Waals surface area (Å²) in [4.78, 5) is 0.491. The Morgan fingerprint density at radius 3 is 2.27 bits per heavy atom. The van der Waals surface area contributed by atoms with E-state index in [9.17, 15) is 13.2 Å². The van der Waals surface area contributed by atoms with Crippen molar-refractivity contribution in [3.63, 3.8) is 0 Å². The van der Waals surface area contributed by atoms with Crippen molar-refractivity contribution >= 4 is 32.7 Å². The first kappa shape index (κ1) is 14.9. The fourth-order valence-electron chi connectivity index (χ4n) is 2.28. The van der Waals surface area contributed by atoms with E-state index in [-0.39, 0.29) is 5.56 Å². The molecule has 2 nitrogen and oxygen atoms in total. The van der Waals surface area contributed by atoms with Gasteiger partial charge in [-0.05, 0) is 35.4 Å². The molecule has 0 atom stereocenters. The molecule has 2 aromatic heterocycles. The van der Waals surface area contributed by atoms with Crippen LogP contribution in [0.1, 0.15) is 5.56 Å². The monoisotopic (exact) mass is 340 g/mol. The summed E-state index contributed by atoms with van der Waals surface area (Å²) in [5.41, 5.74) is 12.1. The molecular weight excluding hydrogens is 329 g/mol. The first-order valence-electron chi connectivity index (χ1n) is 6.26. The van der Waals surface area contributed by atoms with Gasteiger partial charge in [-0.15, -0.1) is 22.7 Å². The maximum absolute atomic E-state index is 13.4. The van der Waals surface area contributed by atoms with Gasteiger partial charge in [-0.1, -0.05) is 12.1 Å². The third kappa shape index (κ3) is 2.69. The lowest BCUT2D eigenvalue weighted by molar-refractivity contribution is -0.137. The van der Waals surface area contributed by atoms with Crippen LogP contribution in [-0.2, 0) is 6.18 Å². The molecule has 0 aliphatic rings. The minimum absolute atomic E-state index is 0.148. The summed E-state index contributed by atoms with van der Waals surface area (Å²) in [6.07, 6.45) is -4.44. The normalized spacial score (nSPS) is 11.8. The Hall–Kier alpha value is -1.99. The third-order valence-corrected chi connectivity index (χ3v) is 4.87. The number of hydrogen-bond acceptors (Lipinski definition) is 4. The Bertz CT molecular complexity index is 818. The van der Waals surface area contributed by atoms with E-state index < -0.39 is 11.7 Å². The molecule has 0 spiro atoms. The highest BCUT2D eigenvalue weighted by Gasteiger charge is 2.35. The van der Waals surface area contributed by atoms with Crippen molar-refractivity contribution in [2.24, 2.45) is 0 Å². The van der Waals surface area contributed by atoms with Crippen molar-refractivity contribution in [1.82, 2.24) is 0 Å².